The average molecular weight is 258 g/mol. The summed E-state index contributed by atoms with van der Waals surface area (Å²) in [6.45, 7) is 8.27. The number of aliphatic carboxylic acids is 1. The van der Waals surface area contributed by atoms with E-state index in [0.717, 1.165) is 0 Å². The number of hydrogen-bond donors (Lipinski definition) is 1. The molecule has 6 nitrogen and oxygen atoms in total. The Morgan fingerprint density at radius 1 is 1.39 bits per heavy atom. The highest BCUT2D eigenvalue weighted by Crippen LogP contribution is 2.23. The first kappa shape index (κ1) is 14.8. The van der Waals surface area contributed by atoms with Gasteiger partial charge in [0.2, 0.25) is 0 Å². The number of carboxylic acids is 1. The molecule has 18 heavy (non-hydrogen) atoms. The molecule has 1 saturated heterocycles. The number of nitrogens with zero attached hydrogens (tertiary/aromatic N) is 2. The Labute approximate surface area is 107 Å². The van der Waals surface area contributed by atoms with Gasteiger partial charge >= 0.3 is 12.0 Å². The van der Waals surface area contributed by atoms with Gasteiger partial charge in [0.1, 0.15) is 5.54 Å². The molecule has 6 heteroatoms. The minimum Gasteiger partial charge on any atom is -0.480 e. The standard InChI is InChI=1S/C12H22N2O4/c1-11(2)8-18-7-6-14(11)10(17)13(5)12(3,4)9(15)16/h6-8H2,1-5H3,(H,15,16). The zero-order valence-electron chi connectivity index (χ0n) is 11.7. The third-order valence-corrected chi connectivity index (χ3v) is 3.52. The van der Waals surface area contributed by atoms with Gasteiger partial charge in [0.25, 0.3) is 0 Å². The van der Waals surface area contributed by atoms with Crippen molar-refractivity contribution in [3.8, 4) is 0 Å². The second-order valence-corrected chi connectivity index (χ2v) is 5.72. The van der Waals surface area contributed by atoms with Crippen molar-refractivity contribution in [3.63, 3.8) is 0 Å². The average Bonchev–Trinajstić information content (AvgIpc) is 2.26. The van der Waals surface area contributed by atoms with Gasteiger partial charge < -0.3 is 19.6 Å². The minimum atomic E-state index is -1.23. The van der Waals surface area contributed by atoms with Gasteiger partial charge in [-0.15, -0.1) is 0 Å². The number of carbonyl (C=O) groups is 2. The Morgan fingerprint density at radius 2 is 1.94 bits per heavy atom. The van der Waals surface area contributed by atoms with Crippen molar-refractivity contribution in [2.45, 2.75) is 38.8 Å². The summed E-state index contributed by atoms with van der Waals surface area (Å²) in [5, 5.41) is 9.15. The van der Waals surface area contributed by atoms with Gasteiger partial charge in [0, 0.05) is 13.6 Å². The second-order valence-electron chi connectivity index (χ2n) is 5.72. The molecule has 1 aliphatic rings. The molecule has 0 aromatic heterocycles. The van der Waals surface area contributed by atoms with Crippen molar-refractivity contribution in [2.24, 2.45) is 0 Å². The zero-order chi connectivity index (χ0) is 14.1. The lowest BCUT2D eigenvalue weighted by Crippen LogP contribution is -2.62. The van der Waals surface area contributed by atoms with Gasteiger partial charge in [-0.05, 0) is 27.7 Å². The van der Waals surface area contributed by atoms with Crippen molar-refractivity contribution in [1.82, 2.24) is 9.80 Å². The third-order valence-electron chi connectivity index (χ3n) is 3.52. The molecule has 0 spiro atoms. The van der Waals surface area contributed by atoms with Gasteiger partial charge in [-0.2, -0.15) is 0 Å². The topological polar surface area (TPSA) is 70.1 Å². The van der Waals surface area contributed by atoms with Crippen LogP contribution in [0.3, 0.4) is 0 Å². The van der Waals surface area contributed by atoms with E-state index in [1.165, 1.54) is 25.8 Å². The summed E-state index contributed by atoms with van der Waals surface area (Å²) >= 11 is 0. The van der Waals surface area contributed by atoms with E-state index in [1.807, 2.05) is 13.8 Å². The van der Waals surface area contributed by atoms with Gasteiger partial charge in [0.05, 0.1) is 18.8 Å². The molecule has 1 heterocycles. The van der Waals surface area contributed by atoms with E-state index in [2.05, 4.69) is 0 Å². The molecule has 2 amide bonds. The molecule has 1 rings (SSSR count). The summed E-state index contributed by atoms with van der Waals surface area (Å²) in [6, 6.07) is -0.282. The fourth-order valence-corrected chi connectivity index (χ4v) is 1.78. The molecule has 0 atom stereocenters. The molecule has 0 bridgehead atoms. The number of hydrogen-bond acceptors (Lipinski definition) is 3. The van der Waals surface area contributed by atoms with Crippen LogP contribution in [-0.4, -0.2) is 64.8 Å². The molecule has 0 saturated carbocycles. The summed E-state index contributed by atoms with van der Waals surface area (Å²) < 4.78 is 5.35. The monoisotopic (exact) mass is 258 g/mol. The number of likely N-dealkylation sites (N-methyl/N-ethyl adjacent to an activating group) is 1. The quantitative estimate of drug-likeness (QED) is 0.802. The fourth-order valence-electron chi connectivity index (χ4n) is 1.78. The van der Waals surface area contributed by atoms with Crippen LogP contribution in [0.4, 0.5) is 4.79 Å². The molecule has 1 fully saturated rings. The van der Waals surface area contributed by atoms with Gasteiger partial charge in [-0.3, -0.25) is 0 Å². The van der Waals surface area contributed by atoms with Crippen molar-refractivity contribution in [2.75, 3.05) is 26.8 Å². The van der Waals surface area contributed by atoms with E-state index in [9.17, 15) is 9.59 Å². The molecule has 0 radical (unpaired) electrons. The van der Waals surface area contributed by atoms with Crippen LogP contribution < -0.4 is 0 Å². The Bertz CT molecular complexity index is 352. The fraction of sp³-hybridized carbons (Fsp3) is 0.833. The lowest BCUT2D eigenvalue weighted by Gasteiger charge is -2.45. The van der Waals surface area contributed by atoms with Crippen LogP contribution in [0.15, 0.2) is 0 Å². The van der Waals surface area contributed by atoms with Crippen LogP contribution in [0.25, 0.3) is 0 Å². The van der Waals surface area contributed by atoms with E-state index < -0.39 is 17.0 Å². The maximum absolute atomic E-state index is 12.4. The van der Waals surface area contributed by atoms with E-state index in [-0.39, 0.29) is 6.03 Å². The molecule has 1 aliphatic heterocycles. The van der Waals surface area contributed by atoms with Crippen molar-refractivity contribution in [3.05, 3.63) is 0 Å². The molecular weight excluding hydrogens is 236 g/mol. The number of carboxylic acid groups (broad SMARTS) is 1. The summed E-state index contributed by atoms with van der Waals surface area (Å²) in [5.41, 5.74) is -1.65. The predicted molar refractivity (Wildman–Crippen MR) is 66.5 cm³/mol. The number of amides is 2. The number of morpholine rings is 1. The highest BCUT2D eigenvalue weighted by molar-refractivity contribution is 5.85. The molecule has 0 unspecified atom stereocenters. The Kier molecular flexibility index (Phi) is 3.90. The maximum atomic E-state index is 12.4. The first-order chi connectivity index (χ1) is 8.10. The van der Waals surface area contributed by atoms with Gasteiger partial charge in [0.15, 0.2) is 0 Å². The van der Waals surface area contributed by atoms with Crippen LogP contribution in [0.1, 0.15) is 27.7 Å². The largest absolute Gasteiger partial charge is 0.480 e. The number of rotatable bonds is 2. The van der Waals surface area contributed by atoms with E-state index in [0.29, 0.717) is 19.8 Å². The Morgan fingerprint density at radius 3 is 2.39 bits per heavy atom. The molecule has 0 aromatic rings. The van der Waals surface area contributed by atoms with E-state index in [4.69, 9.17) is 9.84 Å². The lowest BCUT2D eigenvalue weighted by atomic mass is 10.0. The molecule has 0 aliphatic carbocycles. The van der Waals surface area contributed by atoms with E-state index >= 15 is 0 Å². The summed E-state index contributed by atoms with van der Waals surface area (Å²) in [6.07, 6.45) is 0. The predicted octanol–water partition coefficient (Wildman–Crippen LogP) is 1.01. The lowest BCUT2D eigenvalue weighted by molar-refractivity contribution is -0.147. The van der Waals surface area contributed by atoms with Crippen molar-refractivity contribution < 1.29 is 19.4 Å². The van der Waals surface area contributed by atoms with Crippen LogP contribution in [0.2, 0.25) is 0 Å². The Hall–Kier alpha value is -1.30. The molecule has 0 aromatic carbocycles. The minimum absolute atomic E-state index is 0.282. The SMILES string of the molecule is CN(C(=O)N1CCOCC1(C)C)C(C)(C)C(=O)O. The van der Waals surface area contributed by atoms with Crippen molar-refractivity contribution >= 4 is 12.0 Å². The maximum Gasteiger partial charge on any atom is 0.329 e. The van der Waals surface area contributed by atoms with Gasteiger partial charge in [-0.1, -0.05) is 0 Å². The molecular formula is C12H22N2O4. The van der Waals surface area contributed by atoms with E-state index in [1.54, 1.807) is 4.90 Å². The van der Waals surface area contributed by atoms with Crippen LogP contribution >= 0.6 is 0 Å². The second kappa shape index (κ2) is 4.76. The van der Waals surface area contributed by atoms with Gasteiger partial charge in [-0.25, -0.2) is 9.59 Å². The van der Waals surface area contributed by atoms with Crippen LogP contribution in [-0.2, 0) is 9.53 Å². The number of ether oxygens (including phenoxy) is 1. The zero-order valence-corrected chi connectivity index (χ0v) is 11.7. The number of urea groups is 1. The Balaban J connectivity index is 2.90. The first-order valence-electron chi connectivity index (χ1n) is 5.97. The normalized spacial score (nSPS) is 19.5. The smallest absolute Gasteiger partial charge is 0.329 e. The molecule has 104 valence electrons. The molecule has 1 N–H and O–H groups in total. The number of carbonyl (C=O) groups excluding carboxylic acids is 1. The van der Waals surface area contributed by atoms with Crippen LogP contribution in [0.5, 0.6) is 0 Å². The summed E-state index contributed by atoms with van der Waals surface area (Å²) in [5.74, 6) is -1.02. The summed E-state index contributed by atoms with van der Waals surface area (Å²) in [4.78, 5) is 26.5. The third kappa shape index (κ3) is 2.58. The highest BCUT2D eigenvalue weighted by atomic mass is 16.5. The van der Waals surface area contributed by atoms with Crippen molar-refractivity contribution in [1.29, 1.82) is 0 Å². The summed E-state index contributed by atoms with van der Waals surface area (Å²) in [7, 11) is 1.52. The first-order valence-corrected chi connectivity index (χ1v) is 5.97. The van der Waals surface area contributed by atoms with Crippen LogP contribution in [0, 0.1) is 0 Å². The highest BCUT2D eigenvalue weighted by Gasteiger charge is 2.42.